The SMILES string of the molecule is COc1ccccc1C(=O)N1CCN(Cc2ncc[nH]2)CC1. The second-order valence-corrected chi connectivity index (χ2v) is 5.30. The predicted octanol–water partition coefficient (Wildman–Crippen LogP) is 1.38. The number of aromatic amines is 1. The van der Waals surface area contributed by atoms with Crippen molar-refractivity contribution >= 4 is 5.91 Å². The Hall–Kier alpha value is -2.34. The van der Waals surface area contributed by atoms with E-state index < -0.39 is 0 Å². The number of hydrogen-bond acceptors (Lipinski definition) is 4. The van der Waals surface area contributed by atoms with E-state index in [2.05, 4.69) is 14.9 Å². The first-order chi connectivity index (χ1) is 10.8. The van der Waals surface area contributed by atoms with E-state index in [1.165, 1.54) is 0 Å². The maximum atomic E-state index is 12.6. The van der Waals surface area contributed by atoms with Crippen LogP contribution in [-0.2, 0) is 6.54 Å². The van der Waals surface area contributed by atoms with Gasteiger partial charge >= 0.3 is 0 Å². The van der Waals surface area contributed by atoms with Crippen LogP contribution in [0.3, 0.4) is 0 Å². The van der Waals surface area contributed by atoms with E-state index in [-0.39, 0.29) is 5.91 Å². The van der Waals surface area contributed by atoms with Crippen molar-refractivity contribution in [3.05, 3.63) is 48.0 Å². The zero-order valence-corrected chi connectivity index (χ0v) is 12.7. The van der Waals surface area contributed by atoms with Crippen LogP contribution in [0.1, 0.15) is 16.2 Å². The number of imidazole rings is 1. The van der Waals surface area contributed by atoms with Crippen molar-refractivity contribution in [2.24, 2.45) is 0 Å². The lowest BCUT2D eigenvalue weighted by Gasteiger charge is -2.34. The van der Waals surface area contributed by atoms with E-state index in [9.17, 15) is 4.79 Å². The fourth-order valence-corrected chi connectivity index (χ4v) is 2.70. The number of rotatable bonds is 4. The van der Waals surface area contributed by atoms with Crippen LogP contribution in [0.2, 0.25) is 0 Å². The summed E-state index contributed by atoms with van der Waals surface area (Å²) < 4.78 is 5.28. The first kappa shape index (κ1) is 14.6. The lowest BCUT2D eigenvalue weighted by Crippen LogP contribution is -2.48. The van der Waals surface area contributed by atoms with Crippen molar-refractivity contribution in [3.8, 4) is 5.75 Å². The number of ether oxygens (including phenoxy) is 1. The summed E-state index contributed by atoms with van der Waals surface area (Å²) in [5.74, 6) is 1.63. The minimum absolute atomic E-state index is 0.0371. The number of benzene rings is 1. The fourth-order valence-electron chi connectivity index (χ4n) is 2.70. The molecule has 1 aliphatic heterocycles. The highest BCUT2D eigenvalue weighted by Gasteiger charge is 2.24. The van der Waals surface area contributed by atoms with Gasteiger partial charge in [-0.1, -0.05) is 12.1 Å². The second-order valence-electron chi connectivity index (χ2n) is 5.30. The summed E-state index contributed by atoms with van der Waals surface area (Å²) in [6, 6.07) is 7.37. The number of carbonyl (C=O) groups excluding carboxylic acids is 1. The topological polar surface area (TPSA) is 61.5 Å². The van der Waals surface area contributed by atoms with Gasteiger partial charge in [0.05, 0.1) is 19.2 Å². The molecule has 0 bridgehead atoms. The molecule has 1 fully saturated rings. The smallest absolute Gasteiger partial charge is 0.257 e. The Kier molecular flexibility index (Phi) is 4.39. The number of H-pyrrole nitrogens is 1. The quantitative estimate of drug-likeness (QED) is 0.926. The molecule has 0 spiro atoms. The Labute approximate surface area is 129 Å². The van der Waals surface area contributed by atoms with E-state index in [1.807, 2.05) is 35.4 Å². The minimum atomic E-state index is 0.0371. The molecule has 0 saturated carbocycles. The molecule has 1 saturated heterocycles. The van der Waals surface area contributed by atoms with E-state index >= 15 is 0 Å². The van der Waals surface area contributed by atoms with Gasteiger partial charge < -0.3 is 14.6 Å². The van der Waals surface area contributed by atoms with Crippen molar-refractivity contribution in [1.82, 2.24) is 19.8 Å². The Bertz CT molecular complexity index is 619. The number of hydrogen-bond donors (Lipinski definition) is 1. The van der Waals surface area contributed by atoms with Crippen LogP contribution in [-0.4, -0.2) is 59.0 Å². The number of amides is 1. The van der Waals surface area contributed by atoms with Crippen molar-refractivity contribution in [2.45, 2.75) is 6.54 Å². The van der Waals surface area contributed by atoms with Crippen LogP contribution in [0.5, 0.6) is 5.75 Å². The number of para-hydroxylation sites is 1. The van der Waals surface area contributed by atoms with Crippen LogP contribution in [0.4, 0.5) is 0 Å². The standard InChI is InChI=1S/C16H20N4O2/c1-22-14-5-3-2-4-13(14)16(21)20-10-8-19(9-11-20)12-15-17-6-7-18-15/h2-7H,8-12H2,1H3,(H,17,18). The molecule has 0 aliphatic carbocycles. The summed E-state index contributed by atoms with van der Waals surface area (Å²) in [6.07, 6.45) is 3.59. The molecule has 22 heavy (non-hydrogen) atoms. The van der Waals surface area contributed by atoms with Crippen LogP contribution in [0, 0.1) is 0 Å². The molecule has 1 aromatic heterocycles. The van der Waals surface area contributed by atoms with Crippen molar-refractivity contribution in [2.75, 3.05) is 33.3 Å². The Morgan fingerprint density at radius 3 is 2.73 bits per heavy atom. The molecule has 1 aromatic carbocycles. The van der Waals surface area contributed by atoms with Gasteiger partial charge in [-0.2, -0.15) is 0 Å². The maximum Gasteiger partial charge on any atom is 0.257 e. The molecule has 1 aliphatic rings. The molecule has 0 atom stereocenters. The average molecular weight is 300 g/mol. The third-order valence-electron chi connectivity index (χ3n) is 3.93. The second kappa shape index (κ2) is 6.62. The molecule has 2 aromatic rings. The predicted molar refractivity (Wildman–Crippen MR) is 82.8 cm³/mol. The molecular formula is C16H20N4O2. The molecule has 1 amide bonds. The van der Waals surface area contributed by atoms with Crippen molar-refractivity contribution in [3.63, 3.8) is 0 Å². The van der Waals surface area contributed by atoms with Gasteiger partial charge in [0.1, 0.15) is 11.6 Å². The monoisotopic (exact) mass is 300 g/mol. The summed E-state index contributed by atoms with van der Waals surface area (Å²) in [4.78, 5) is 24.1. The zero-order valence-electron chi connectivity index (χ0n) is 12.7. The van der Waals surface area contributed by atoms with Gasteiger partial charge in [0, 0.05) is 38.6 Å². The van der Waals surface area contributed by atoms with Crippen molar-refractivity contribution in [1.29, 1.82) is 0 Å². The summed E-state index contributed by atoms with van der Waals surface area (Å²) in [7, 11) is 1.59. The number of carbonyl (C=O) groups is 1. The van der Waals surface area contributed by atoms with Gasteiger partial charge in [-0.05, 0) is 12.1 Å². The number of piperazine rings is 1. The summed E-state index contributed by atoms with van der Waals surface area (Å²) in [5.41, 5.74) is 0.629. The lowest BCUT2D eigenvalue weighted by molar-refractivity contribution is 0.0622. The third-order valence-corrected chi connectivity index (χ3v) is 3.93. The fraction of sp³-hybridized carbons (Fsp3) is 0.375. The van der Waals surface area contributed by atoms with Gasteiger partial charge in [0.15, 0.2) is 0 Å². The van der Waals surface area contributed by atoms with E-state index in [1.54, 1.807) is 13.3 Å². The highest BCUT2D eigenvalue weighted by atomic mass is 16.5. The van der Waals surface area contributed by atoms with Crippen LogP contribution >= 0.6 is 0 Å². The van der Waals surface area contributed by atoms with Crippen LogP contribution < -0.4 is 4.74 Å². The Balaban J connectivity index is 1.60. The first-order valence-electron chi connectivity index (χ1n) is 7.41. The molecule has 1 N–H and O–H groups in total. The molecule has 0 radical (unpaired) electrons. The lowest BCUT2D eigenvalue weighted by atomic mass is 10.1. The molecular weight excluding hydrogens is 280 g/mol. The van der Waals surface area contributed by atoms with Crippen molar-refractivity contribution < 1.29 is 9.53 Å². The van der Waals surface area contributed by atoms with E-state index in [0.717, 1.165) is 38.5 Å². The Morgan fingerprint density at radius 1 is 1.27 bits per heavy atom. The van der Waals surface area contributed by atoms with Gasteiger partial charge in [0.2, 0.25) is 0 Å². The molecule has 0 unspecified atom stereocenters. The number of nitrogens with zero attached hydrogens (tertiary/aromatic N) is 3. The average Bonchev–Trinajstić information content (AvgIpc) is 3.08. The molecule has 116 valence electrons. The summed E-state index contributed by atoms with van der Waals surface area (Å²) in [6.45, 7) is 3.93. The molecule has 3 rings (SSSR count). The number of methoxy groups -OCH3 is 1. The van der Waals surface area contributed by atoms with Crippen LogP contribution in [0.25, 0.3) is 0 Å². The maximum absolute atomic E-state index is 12.6. The third kappa shape index (κ3) is 3.12. The Morgan fingerprint density at radius 2 is 2.05 bits per heavy atom. The summed E-state index contributed by atoms with van der Waals surface area (Å²) in [5, 5.41) is 0. The van der Waals surface area contributed by atoms with E-state index in [4.69, 9.17) is 4.74 Å². The highest BCUT2D eigenvalue weighted by molar-refractivity contribution is 5.97. The van der Waals surface area contributed by atoms with Gasteiger partial charge in [-0.25, -0.2) is 4.98 Å². The van der Waals surface area contributed by atoms with E-state index in [0.29, 0.717) is 11.3 Å². The van der Waals surface area contributed by atoms with Gasteiger partial charge in [0.25, 0.3) is 5.91 Å². The minimum Gasteiger partial charge on any atom is -0.496 e. The normalized spacial score (nSPS) is 15.8. The summed E-state index contributed by atoms with van der Waals surface area (Å²) >= 11 is 0. The van der Waals surface area contributed by atoms with Gasteiger partial charge in [-0.3, -0.25) is 9.69 Å². The van der Waals surface area contributed by atoms with Crippen LogP contribution in [0.15, 0.2) is 36.7 Å². The highest BCUT2D eigenvalue weighted by Crippen LogP contribution is 2.20. The first-order valence-corrected chi connectivity index (χ1v) is 7.41. The zero-order chi connectivity index (χ0) is 15.4. The molecule has 6 nitrogen and oxygen atoms in total. The largest absolute Gasteiger partial charge is 0.496 e. The molecule has 6 heteroatoms. The number of nitrogens with one attached hydrogen (secondary N) is 1. The number of aromatic nitrogens is 2. The molecule has 2 heterocycles. The van der Waals surface area contributed by atoms with Gasteiger partial charge in [-0.15, -0.1) is 0 Å².